The van der Waals surface area contributed by atoms with Crippen molar-refractivity contribution in [2.24, 2.45) is 5.92 Å². The van der Waals surface area contributed by atoms with E-state index in [-0.39, 0.29) is 93.0 Å². The van der Waals surface area contributed by atoms with E-state index >= 15 is 0 Å². The fourth-order valence-corrected chi connectivity index (χ4v) is 5.85. The first-order valence-electron chi connectivity index (χ1n) is 13.7. The van der Waals surface area contributed by atoms with Gasteiger partial charge in [0.25, 0.3) is 0 Å². The molecule has 4 unspecified atom stereocenters. The summed E-state index contributed by atoms with van der Waals surface area (Å²) in [5, 5.41) is 9.63. The fourth-order valence-electron chi connectivity index (χ4n) is 4.58. The highest BCUT2D eigenvalue weighted by Gasteiger charge is 2.38. The molecule has 0 bridgehead atoms. The lowest BCUT2D eigenvalue weighted by Gasteiger charge is -2.20. The summed E-state index contributed by atoms with van der Waals surface area (Å²) < 4.78 is 0. The number of thioether (sulfide) groups is 2. The van der Waals surface area contributed by atoms with E-state index in [4.69, 9.17) is 0 Å². The fraction of sp³-hybridized carbons (Fsp3) is 0.692. The van der Waals surface area contributed by atoms with Gasteiger partial charge in [-0.2, -0.15) is 23.5 Å². The summed E-state index contributed by atoms with van der Waals surface area (Å²) in [7, 11) is 0. The van der Waals surface area contributed by atoms with Gasteiger partial charge in [0, 0.05) is 51.6 Å². The molecule has 2 heterocycles. The van der Waals surface area contributed by atoms with Crippen LogP contribution in [0.3, 0.4) is 0 Å². The Morgan fingerprint density at radius 1 is 0.667 bits per heavy atom. The number of nitrogens with one attached hydrogen (secondary N) is 4. The summed E-state index contributed by atoms with van der Waals surface area (Å²) in [6, 6.07) is 0. The molecule has 2 rings (SSSR count). The van der Waals surface area contributed by atoms with Gasteiger partial charge >= 0.3 is 0 Å². The molecule has 2 aliphatic rings. The summed E-state index contributed by atoms with van der Waals surface area (Å²) in [6.07, 6.45) is 2.19. The van der Waals surface area contributed by atoms with Crippen LogP contribution in [-0.2, 0) is 38.4 Å². The standard InChI is InChI=1S/C26H40N6O8S2/c1-14(10-21(35)29-15(2)27-19(33)6-8-31-23(37)12-17(41-4)25(31)39)11-22(36)30-16(3)28-20(34)7-9-32-24(38)13-18(42-5)26(32)40/h14-18H,6-13H2,1-5H3,(H,27,33)(H,28,34)(H,29,35)(H,30,36). The molecular weight excluding hydrogens is 588 g/mol. The second-order valence-electron chi connectivity index (χ2n) is 10.4. The van der Waals surface area contributed by atoms with Crippen molar-refractivity contribution in [3.05, 3.63) is 0 Å². The van der Waals surface area contributed by atoms with Crippen molar-refractivity contribution in [3.63, 3.8) is 0 Å². The van der Waals surface area contributed by atoms with Gasteiger partial charge in [-0.1, -0.05) is 6.92 Å². The second kappa shape index (κ2) is 16.5. The molecule has 2 aliphatic heterocycles. The monoisotopic (exact) mass is 628 g/mol. The highest BCUT2D eigenvalue weighted by atomic mass is 32.2. The molecular formula is C26H40N6O8S2. The molecule has 42 heavy (non-hydrogen) atoms. The second-order valence-corrected chi connectivity index (χ2v) is 12.4. The maximum absolute atomic E-state index is 12.4. The van der Waals surface area contributed by atoms with Gasteiger partial charge in [0.15, 0.2) is 0 Å². The lowest BCUT2D eigenvalue weighted by atomic mass is 10.0. The predicted molar refractivity (Wildman–Crippen MR) is 156 cm³/mol. The Hall–Kier alpha value is -3.14. The van der Waals surface area contributed by atoms with E-state index in [2.05, 4.69) is 21.3 Å². The molecule has 4 N–H and O–H groups in total. The van der Waals surface area contributed by atoms with Crippen molar-refractivity contribution in [2.75, 3.05) is 25.6 Å². The number of hydrogen-bond acceptors (Lipinski definition) is 10. The molecule has 234 valence electrons. The minimum atomic E-state index is -0.706. The zero-order chi connectivity index (χ0) is 31.6. The highest BCUT2D eigenvalue weighted by Crippen LogP contribution is 2.24. The number of nitrogens with zero attached hydrogens (tertiary/aromatic N) is 2. The lowest BCUT2D eigenvalue weighted by molar-refractivity contribution is -0.140. The molecule has 14 nitrogen and oxygen atoms in total. The number of likely N-dealkylation sites (tertiary alicyclic amines) is 2. The number of rotatable bonds is 16. The Morgan fingerprint density at radius 2 is 1.00 bits per heavy atom. The Morgan fingerprint density at radius 3 is 1.31 bits per heavy atom. The molecule has 2 saturated heterocycles. The molecule has 0 aromatic rings. The first-order chi connectivity index (χ1) is 19.7. The summed E-state index contributed by atoms with van der Waals surface area (Å²) in [6.45, 7) is 4.81. The van der Waals surface area contributed by atoms with Gasteiger partial charge in [-0.3, -0.25) is 48.2 Å². The Kier molecular flexibility index (Phi) is 13.8. The quantitative estimate of drug-likeness (QED) is 0.126. The van der Waals surface area contributed by atoms with Crippen molar-refractivity contribution in [1.82, 2.24) is 31.1 Å². The molecule has 0 radical (unpaired) electrons. The van der Waals surface area contributed by atoms with Crippen LogP contribution in [0.4, 0.5) is 0 Å². The molecule has 0 aromatic heterocycles. The van der Waals surface area contributed by atoms with Crippen molar-refractivity contribution < 1.29 is 38.4 Å². The van der Waals surface area contributed by atoms with E-state index in [9.17, 15) is 38.4 Å². The van der Waals surface area contributed by atoms with E-state index in [1.165, 1.54) is 23.5 Å². The third-order valence-electron chi connectivity index (χ3n) is 6.68. The van der Waals surface area contributed by atoms with Gasteiger partial charge in [-0.25, -0.2) is 0 Å². The minimum Gasteiger partial charge on any atom is -0.336 e. The Bertz CT molecular complexity index is 1010. The smallest absolute Gasteiger partial charge is 0.242 e. The summed E-state index contributed by atoms with van der Waals surface area (Å²) in [5.41, 5.74) is 0. The zero-order valence-corrected chi connectivity index (χ0v) is 26.2. The maximum atomic E-state index is 12.4. The van der Waals surface area contributed by atoms with Crippen LogP contribution in [-0.4, -0.2) is 105 Å². The van der Waals surface area contributed by atoms with Crippen LogP contribution in [0.5, 0.6) is 0 Å². The molecule has 4 atom stereocenters. The Labute approximate surface area is 253 Å². The number of carbonyl (C=O) groups excluding carboxylic acids is 8. The van der Waals surface area contributed by atoms with Gasteiger partial charge < -0.3 is 21.3 Å². The average molecular weight is 629 g/mol. The molecule has 0 saturated carbocycles. The molecule has 8 amide bonds. The van der Waals surface area contributed by atoms with Crippen LogP contribution in [0.15, 0.2) is 0 Å². The SMILES string of the molecule is CSC1CC(=O)N(CCC(=O)NC(C)NC(=O)CC(C)CC(=O)NC(C)NC(=O)CCN2C(=O)CC(SC)C2=O)C1=O. The Balaban J connectivity index is 1.63. The molecule has 0 aliphatic carbocycles. The first-order valence-corrected chi connectivity index (χ1v) is 16.2. The normalized spacial score (nSPS) is 20.8. The average Bonchev–Trinajstić information content (AvgIpc) is 3.32. The first kappa shape index (κ1) is 35.1. The molecule has 16 heteroatoms. The predicted octanol–water partition coefficient (Wildman–Crippen LogP) is -0.679. The van der Waals surface area contributed by atoms with Gasteiger partial charge in [-0.05, 0) is 32.3 Å². The van der Waals surface area contributed by atoms with E-state index in [0.717, 1.165) is 9.80 Å². The molecule has 0 spiro atoms. The van der Waals surface area contributed by atoms with Crippen molar-refractivity contribution in [3.8, 4) is 0 Å². The van der Waals surface area contributed by atoms with Crippen molar-refractivity contribution in [1.29, 1.82) is 0 Å². The third kappa shape index (κ3) is 10.6. The van der Waals surface area contributed by atoms with Gasteiger partial charge in [-0.15, -0.1) is 0 Å². The van der Waals surface area contributed by atoms with Crippen LogP contribution in [0.2, 0.25) is 0 Å². The minimum absolute atomic E-state index is 0.0101. The topological polar surface area (TPSA) is 191 Å². The number of hydrogen-bond donors (Lipinski definition) is 4. The lowest BCUT2D eigenvalue weighted by Crippen LogP contribution is -2.48. The van der Waals surface area contributed by atoms with Crippen LogP contribution in [0, 0.1) is 5.92 Å². The van der Waals surface area contributed by atoms with Crippen LogP contribution in [0.1, 0.15) is 59.3 Å². The highest BCUT2D eigenvalue weighted by molar-refractivity contribution is 8.00. The molecule has 0 aromatic carbocycles. The van der Waals surface area contributed by atoms with Gasteiger partial charge in [0.1, 0.15) is 0 Å². The van der Waals surface area contributed by atoms with Crippen LogP contribution < -0.4 is 21.3 Å². The van der Waals surface area contributed by atoms with Gasteiger partial charge in [0.05, 0.1) is 22.8 Å². The summed E-state index contributed by atoms with van der Waals surface area (Å²) >= 11 is 2.59. The number of amides is 8. The number of imide groups is 2. The largest absolute Gasteiger partial charge is 0.336 e. The van der Waals surface area contributed by atoms with Gasteiger partial charge in [0.2, 0.25) is 47.3 Å². The summed E-state index contributed by atoms with van der Waals surface area (Å²) in [4.78, 5) is 99.6. The van der Waals surface area contributed by atoms with E-state index in [0.29, 0.717) is 0 Å². The van der Waals surface area contributed by atoms with Crippen LogP contribution in [0.25, 0.3) is 0 Å². The number of carbonyl (C=O) groups is 8. The third-order valence-corrected chi connectivity index (χ3v) is 8.55. The van der Waals surface area contributed by atoms with Crippen molar-refractivity contribution in [2.45, 2.75) is 82.1 Å². The van der Waals surface area contributed by atoms with E-state index < -0.39 is 34.6 Å². The van der Waals surface area contributed by atoms with E-state index in [1.54, 1.807) is 33.3 Å². The summed E-state index contributed by atoms with van der Waals surface area (Å²) in [5.74, 6) is -3.17. The maximum Gasteiger partial charge on any atom is 0.242 e. The zero-order valence-electron chi connectivity index (χ0n) is 24.5. The van der Waals surface area contributed by atoms with Crippen LogP contribution >= 0.6 is 23.5 Å². The van der Waals surface area contributed by atoms with Crippen molar-refractivity contribution >= 4 is 70.8 Å². The van der Waals surface area contributed by atoms with E-state index in [1.807, 2.05) is 0 Å². The molecule has 2 fully saturated rings.